The van der Waals surface area contributed by atoms with Gasteiger partial charge in [0.15, 0.2) is 23.3 Å². The van der Waals surface area contributed by atoms with Gasteiger partial charge in [0, 0.05) is 43.1 Å². The van der Waals surface area contributed by atoms with Crippen LogP contribution in [0.2, 0.25) is 0 Å². The molecule has 0 aromatic heterocycles. The third-order valence-electron chi connectivity index (χ3n) is 5.77. The maximum atomic E-state index is 14.1. The van der Waals surface area contributed by atoms with Gasteiger partial charge >= 0.3 is 0 Å². The van der Waals surface area contributed by atoms with Gasteiger partial charge < -0.3 is 19.9 Å². The molecule has 3 aromatic carbocycles. The first-order chi connectivity index (χ1) is 17.2. The molecule has 1 heterocycles. The second kappa shape index (κ2) is 10.7. The summed E-state index contributed by atoms with van der Waals surface area (Å²) in [7, 11) is 0. The Morgan fingerprint density at radius 2 is 1.42 bits per heavy atom. The maximum Gasteiger partial charge on any atom is 0.255 e. The number of rotatable bonds is 6. The van der Waals surface area contributed by atoms with Crippen LogP contribution < -0.4 is 19.9 Å². The highest BCUT2D eigenvalue weighted by molar-refractivity contribution is 9.10. The van der Waals surface area contributed by atoms with Crippen LogP contribution in [0, 0.1) is 29.1 Å². The number of amides is 1. The highest BCUT2D eigenvalue weighted by Gasteiger charge is 2.30. The van der Waals surface area contributed by atoms with Crippen LogP contribution in [0.1, 0.15) is 17.3 Å². The molecule has 5 nitrogen and oxygen atoms in total. The van der Waals surface area contributed by atoms with Gasteiger partial charge in [0.25, 0.3) is 5.91 Å². The van der Waals surface area contributed by atoms with Crippen molar-refractivity contribution in [1.82, 2.24) is 0 Å². The van der Waals surface area contributed by atoms with Gasteiger partial charge in [-0.3, -0.25) is 4.79 Å². The Morgan fingerprint density at radius 1 is 0.861 bits per heavy atom. The number of benzene rings is 3. The highest BCUT2D eigenvalue weighted by atomic mass is 79.9. The van der Waals surface area contributed by atoms with E-state index in [1.165, 1.54) is 0 Å². The highest BCUT2D eigenvalue weighted by Crippen LogP contribution is 2.32. The number of nitrogens with zero attached hydrogens (tertiary/aromatic N) is 2. The van der Waals surface area contributed by atoms with E-state index < -0.39 is 34.8 Å². The molecule has 1 amide bonds. The van der Waals surface area contributed by atoms with Crippen LogP contribution >= 0.6 is 15.9 Å². The minimum absolute atomic E-state index is 0.0590. The lowest BCUT2D eigenvalue weighted by Gasteiger charge is -2.37. The summed E-state index contributed by atoms with van der Waals surface area (Å²) in [6.07, 6.45) is 0. The minimum atomic E-state index is -2.17. The molecule has 0 bridgehead atoms. The van der Waals surface area contributed by atoms with E-state index in [-0.39, 0.29) is 19.0 Å². The zero-order valence-electron chi connectivity index (χ0n) is 19.1. The molecule has 0 unspecified atom stereocenters. The molecule has 1 N–H and O–H groups in total. The zero-order valence-corrected chi connectivity index (χ0v) is 20.6. The zero-order chi connectivity index (χ0) is 26.0. The number of piperazine rings is 1. The third kappa shape index (κ3) is 5.11. The molecule has 1 aliphatic rings. The summed E-state index contributed by atoms with van der Waals surface area (Å²) in [5, 5.41) is 2.81. The average molecular weight is 570 g/mol. The van der Waals surface area contributed by atoms with E-state index in [0.29, 0.717) is 41.2 Å². The van der Waals surface area contributed by atoms with E-state index in [4.69, 9.17) is 4.74 Å². The molecule has 1 fully saturated rings. The van der Waals surface area contributed by atoms with Crippen LogP contribution in [0.15, 0.2) is 46.9 Å². The van der Waals surface area contributed by atoms with Gasteiger partial charge in [0.2, 0.25) is 5.82 Å². The van der Waals surface area contributed by atoms with E-state index >= 15 is 0 Å². The van der Waals surface area contributed by atoms with Crippen molar-refractivity contribution in [2.75, 3.05) is 47.9 Å². The molecule has 0 radical (unpaired) electrons. The fourth-order valence-corrected chi connectivity index (χ4v) is 4.43. The van der Waals surface area contributed by atoms with Crippen LogP contribution in [-0.2, 0) is 0 Å². The molecular weight excluding hydrogens is 549 g/mol. The van der Waals surface area contributed by atoms with E-state index in [9.17, 15) is 26.7 Å². The second-order valence-electron chi connectivity index (χ2n) is 7.97. The van der Waals surface area contributed by atoms with Crippen molar-refractivity contribution >= 4 is 38.9 Å². The van der Waals surface area contributed by atoms with Crippen molar-refractivity contribution < 1.29 is 31.5 Å². The Hall–Kier alpha value is -3.34. The van der Waals surface area contributed by atoms with Gasteiger partial charge in [0.05, 0.1) is 11.1 Å². The topological polar surface area (TPSA) is 44.8 Å². The van der Waals surface area contributed by atoms with Gasteiger partial charge in [-0.2, -0.15) is 0 Å². The Kier molecular flexibility index (Phi) is 7.67. The van der Waals surface area contributed by atoms with E-state index in [1.807, 2.05) is 11.8 Å². The van der Waals surface area contributed by atoms with Gasteiger partial charge in [-0.15, -0.1) is 0 Å². The van der Waals surface area contributed by atoms with Crippen molar-refractivity contribution in [3.8, 4) is 5.75 Å². The summed E-state index contributed by atoms with van der Waals surface area (Å²) in [6.45, 7) is 3.08. The van der Waals surface area contributed by atoms with Crippen molar-refractivity contribution in [2.24, 2.45) is 0 Å². The predicted octanol–water partition coefficient (Wildman–Crippen LogP) is 6.12. The number of anilines is 3. The lowest BCUT2D eigenvalue weighted by Crippen LogP contribution is -2.47. The lowest BCUT2D eigenvalue weighted by molar-refractivity contribution is 0.102. The Labute approximate surface area is 212 Å². The molecule has 4 rings (SSSR count). The first-order valence-corrected chi connectivity index (χ1v) is 11.9. The summed E-state index contributed by atoms with van der Waals surface area (Å²) < 4.78 is 74.8. The first-order valence-electron chi connectivity index (χ1n) is 11.1. The Morgan fingerprint density at radius 3 is 1.97 bits per heavy atom. The molecule has 1 saturated heterocycles. The van der Waals surface area contributed by atoms with Crippen molar-refractivity contribution in [1.29, 1.82) is 0 Å². The molecule has 190 valence electrons. The molecule has 1 aliphatic heterocycles. The summed E-state index contributed by atoms with van der Waals surface area (Å²) in [6, 6.07) is 12.0. The number of carbonyl (C=O) groups excluding carboxylic acids is 1. The quantitative estimate of drug-likeness (QED) is 0.220. The SMILES string of the molecule is CCOc1ccc(C(=O)Nc2ccc(N3CCN(c4c(F)c(F)c(F)c(F)c4F)CC3)cc2)cc1Br. The lowest BCUT2D eigenvalue weighted by atomic mass is 10.1. The fraction of sp³-hybridized carbons (Fsp3) is 0.240. The van der Waals surface area contributed by atoms with Gasteiger partial charge in [0.1, 0.15) is 11.4 Å². The number of carbonyl (C=O) groups is 1. The van der Waals surface area contributed by atoms with E-state index in [2.05, 4.69) is 21.2 Å². The molecular formula is C25H21BrF5N3O2. The number of ether oxygens (including phenoxy) is 1. The van der Waals surface area contributed by atoms with Crippen molar-refractivity contribution in [3.63, 3.8) is 0 Å². The largest absolute Gasteiger partial charge is 0.493 e. The van der Waals surface area contributed by atoms with Crippen LogP contribution in [0.4, 0.5) is 39.0 Å². The van der Waals surface area contributed by atoms with Crippen LogP contribution in [-0.4, -0.2) is 38.7 Å². The number of halogens is 6. The van der Waals surface area contributed by atoms with E-state index in [1.54, 1.807) is 42.5 Å². The second-order valence-corrected chi connectivity index (χ2v) is 8.83. The maximum absolute atomic E-state index is 14.1. The predicted molar refractivity (Wildman–Crippen MR) is 130 cm³/mol. The third-order valence-corrected chi connectivity index (χ3v) is 6.39. The van der Waals surface area contributed by atoms with Crippen LogP contribution in [0.3, 0.4) is 0 Å². The summed E-state index contributed by atoms with van der Waals surface area (Å²) in [4.78, 5) is 15.7. The molecule has 11 heteroatoms. The fourth-order valence-electron chi connectivity index (χ4n) is 3.93. The standard InChI is InChI=1S/C25H21BrF5N3O2/c1-2-36-18-8-3-14(13-17(18)26)25(35)32-15-4-6-16(7-5-15)33-9-11-34(12-10-33)24-22(30)20(28)19(27)21(29)23(24)31/h3-8,13H,2,9-12H2,1H3,(H,32,35). The molecule has 3 aromatic rings. The smallest absolute Gasteiger partial charge is 0.255 e. The average Bonchev–Trinajstić information content (AvgIpc) is 2.88. The summed E-state index contributed by atoms with van der Waals surface area (Å²) in [5.74, 6) is -9.42. The molecule has 0 atom stereocenters. The number of hydrogen-bond donors (Lipinski definition) is 1. The Bertz CT molecular complexity index is 1250. The van der Waals surface area contributed by atoms with Gasteiger partial charge in [-0.05, 0) is 65.3 Å². The summed E-state index contributed by atoms with van der Waals surface area (Å²) in [5.41, 5.74) is 0.881. The molecule has 0 aliphatic carbocycles. The normalized spacial score (nSPS) is 13.6. The molecule has 0 saturated carbocycles. The molecule has 0 spiro atoms. The number of nitrogens with one attached hydrogen (secondary N) is 1. The van der Waals surface area contributed by atoms with Crippen LogP contribution in [0.25, 0.3) is 0 Å². The van der Waals surface area contributed by atoms with Crippen LogP contribution in [0.5, 0.6) is 5.75 Å². The van der Waals surface area contributed by atoms with Gasteiger partial charge in [-0.25, -0.2) is 22.0 Å². The van der Waals surface area contributed by atoms with Crippen molar-refractivity contribution in [2.45, 2.75) is 6.92 Å². The minimum Gasteiger partial charge on any atom is -0.493 e. The van der Waals surface area contributed by atoms with E-state index in [0.717, 1.165) is 10.6 Å². The molecule has 36 heavy (non-hydrogen) atoms. The monoisotopic (exact) mass is 569 g/mol. The van der Waals surface area contributed by atoms with Gasteiger partial charge in [-0.1, -0.05) is 0 Å². The Balaban J connectivity index is 1.39. The number of hydrogen-bond acceptors (Lipinski definition) is 4. The first kappa shape index (κ1) is 25.7. The summed E-state index contributed by atoms with van der Waals surface area (Å²) >= 11 is 3.38. The van der Waals surface area contributed by atoms with Crippen molar-refractivity contribution in [3.05, 3.63) is 81.6 Å².